The molecular weight excluding hydrogens is 310 g/mol. The van der Waals surface area contributed by atoms with E-state index < -0.39 is 0 Å². The number of rotatable bonds is 2. The Morgan fingerprint density at radius 1 is 1.04 bits per heavy atom. The Morgan fingerprint density at radius 3 is 2.44 bits per heavy atom. The third-order valence-corrected chi connectivity index (χ3v) is 5.01. The van der Waals surface area contributed by atoms with Crippen molar-refractivity contribution in [2.75, 3.05) is 0 Å². The van der Waals surface area contributed by atoms with Gasteiger partial charge in [-0.1, -0.05) is 23.8 Å². The lowest BCUT2D eigenvalue weighted by Gasteiger charge is -2.38. The lowest BCUT2D eigenvalue weighted by molar-refractivity contribution is 0.0619. The number of hydrogen-bond acceptors (Lipinski definition) is 2. The molecule has 1 aliphatic rings. The van der Waals surface area contributed by atoms with E-state index >= 15 is 0 Å². The molecule has 25 heavy (non-hydrogen) atoms. The van der Waals surface area contributed by atoms with Crippen LogP contribution >= 0.6 is 0 Å². The van der Waals surface area contributed by atoms with Gasteiger partial charge in [-0.15, -0.1) is 0 Å². The number of ether oxygens (including phenoxy) is 1. The normalized spacial score (nSPS) is 18.2. The molecule has 1 heterocycles. The van der Waals surface area contributed by atoms with Gasteiger partial charge in [0.2, 0.25) is 0 Å². The Kier molecular flexibility index (Phi) is 4.36. The molecule has 0 unspecified atom stereocenters. The molecule has 3 rings (SSSR count). The van der Waals surface area contributed by atoms with Crippen LogP contribution in [-0.2, 0) is 0 Å². The van der Waals surface area contributed by atoms with Crippen LogP contribution in [0, 0.1) is 27.7 Å². The third kappa shape index (κ3) is 3.55. The summed E-state index contributed by atoms with van der Waals surface area (Å²) >= 11 is 0. The molecule has 132 valence electrons. The summed E-state index contributed by atoms with van der Waals surface area (Å²) in [4.78, 5) is 13.0. The highest BCUT2D eigenvalue weighted by atomic mass is 16.5. The topological polar surface area (TPSA) is 38.3 Å². The van der Waals surface area contributed by atoms with Crippen LogP contribution in [0.2, 0.25) is 0 Å². The first-order valence-electron chi connectivity index (χ1n) is 8.84. The number of aryl methyl sites for hydroxylation is 4. The van der Waals surface area contributed by atoms with Crippen LogP contribution in [0.15, 0.2) is 30.3 Å². The average Bonchev–Trinajstić information content (AvgIpc) is 2.50. The summed E-state index contributed by atoms with van der Waals surface area (Å²) in [7, 11) is 0. The minimum atomic E-state index is -0.307. The third-order valence-electron chi connectivity index (χ3n) is 5.01. The van der Waals surface area contributed by atoms with Gasteiger partial charge in [0.25, 0.3) is 5.91 Å². The molecule has 1 aliphatic heterocycles. The van der Waals surface area contributed by atoms with Crippen LogP contribution < -0.4 is 10.1 Å². The molecule has 0 saturated heterocycles. The first-order valence-corrected chi connectivity index (χ1v) is 8.84. The summed E-state index contributed by atoms with van der Waals surface area (Å²) in [5, 5.41) is 3.24. The first kappa shape index (κ1) is 17.5. The molecule has 1 amide bonds. The van der Waals surface area contributed by atoms with Gasteiger partial charge in [0.15, 0.2) is 0 Å². The van der Waals surface area contributed by atoms with Crippen molar-refractivity contribution in [1.29, 1.82) is 0 Å². The molecule has 2 aromatic rings. The highest BCUT2D eigenvalue weighted by Gasteiger charge is 2.34. The van der Waals surface area contributed by atoms with Gasteiger partial charge in [0.05, 0.1) is 6.04 Å². The maximum Gasteiger partial charge on any atom is 0.252 e. The fourth-order valence-corrected chi connectivity index (χ4v) is 3.54. The molecule has 3 heteroatoms. The first-order chi connectivity index (χ1) is 11.7. The van der Waals surface area contributed by atoms with Crippen LogP contribution in [0.4, 0.5) is 0 Å². The molecular formula is C22H27NO2. The Bertz CT molecular complexity index is 836. The van der Waals surface area contributed by atoms with E-state index in [0.717, 1.165) is 34.4 Å². The number of benzene rings is 2. The van der Waals surface area contributed by atoms with E-state index in [1.165, 1.54) is 11.1 Å². The highest BCUT2D eigenvalue weighted by Crippen LogP contribution is 2.40. The second-order valence-corrected chi connectivity index (χ2v) is 7.88. The fraction of sp³-hybridized carbons (Fsp3) is 0.409. The summed E-state index contributed by atoms with van der Waals surface area (Å²) in [5.41, 5.74) is 6.04. The Morgan fingerprint density at radius 2 is 1.72 bits per heavy atom. The second kappa shape index (κ2) is 6.21. The maximum absolute atomic E-state index is 13.0. The van der Waals surface area contributed by atoms with E-state index in [-0.39, 0.29) is 17.6 Å². The van der Waals surface area contributed by atoms with Gasteiger partial charge in [0, 0.05) is 17.5 Å². The van der Waals surface area contributed by atoms with Crippen molar-refractivity contribution in [3.63, 3.8) is 0 Å². The number of nitrogens with one attached hydrogen (secondary N) is 1. The zero-order valence-electron chi connectivity index (χ0n) is 16.0. The number of carbonyl (C=O) groups excluding carboxylic acids is 1. The second-order valence-electron chi connectivity index (χ2n) is 7.88. The number of carbonyl (C=O) groups is 1. The maximum atomic E-state index is 13.0. The number of amides is 1. The van der Waals surface area contributed by atoms with Crippen molar-refractivity contribution < 1.29 is 9.53 Å². The zero-order chi connectivity index (χ0) is 18.4. The van der Waals surface area contributed by atoms with Crippen molar-refractivity contribution in [3.05, 3.63) is 63.7 Å². The standard InChI is InChI=1S/C22H27NO2/c1-13-7-8-20-18(9-13)19(12-22(5,6)25-20)23-21(24)17-11-15(3)14(2)10-16(17)4/h7-11,19H,12H2,1-6H3,(H,23,24)/t19-/m0/s1. The molecule has 0 radical (unpaired) electrons. The van der Waals surface area contributed by atoms with Gasteiger partial charge in [-0.05, 0) is 70.4 Å². The summed E-state index contributed by atoms with van der Waals surface area (Å²) in [6.45, 7) is 12.3. The van der Waals surface area contributed by atoms with Crippen molar-refractivity contribution >= 4 is 5.91 Å². The van der Waals surface area contributed by atoms with Gasteiger partial charge in [-0.25, -0.2) is 0 Å². The SMILES string of the molecule is Cc1ccc2c(c1)[C@@H](NC(=O)c1cc(C)c(C)cc1C)CC(C)(C)O2. The molecule has 0 bridgehead atoms. The fourth-order valence-electron chi connectivity index (χ4n) is 3.54. The summed E-state index contributed by atoms with van der Waals surface area (Å²) in [6.07, 6.45) is 0.749. The van der Waals surface area contributed by atoms with E-state index in [4.69, 9.17) is 4.74 Å². The molecule has 0 saturated carbocycles. The smallest absolute Gasteiger partial charge is 0.252 e. The number of hydrogen-bond donors (Lipinski definition) is 1. The van der Waals surface area contributed by atoms with Crippen LogP contribution in [0.25, 0.3) is 0 Å². The molecule has 1 atom stereocenters. The summed E-state index contributed by atoms with van der Waals surface area (Å²) in [6, 6.07) is 10.2. The van der Waals surface area contributed by atoms with Crippen LogP contribution in [-0.4, -0.2) is 11.5 Å². The predicted octanol–water partition coefficient (Wildman–Crippen LogP) is 4.95. The Labute approximate surface area is 150 Å². The van der Waals surface area contributed by atoms with E-state index in [1.54, 1.807) is 0 Å². The Hall–Kier alpha value is -2.29. The van der Waals surface area contributed by atoms with Crippen molar-refractivity contribution in [1.82, 2.24) is 5.32 Å². The lowest BCUT2D eigenvalue weighted by Crippen LogP contribution is -2.41. The molecule has 0 fully saturated rings. The minimum absolute atomic E-state index is 0.0178. The largest absolute Gasteiger partial charge is 0.487 e. The van der Waals surface area contributed by atoms with Crippen molar-refractivity contribution in [2.45, 2.75) is 59.6 Å². The molecule has 0 spiro atoms. The van der Waals surface area contributed by atoms with Crippen LogP contribution in [0.5, 0.6) is 5.75 Å². The van der Waals surface area contributed by atoms with Gasteiger partial charge in [-0.2, -0.15) is 0 Å². The molecule has 0 aliphatic carbocycles. The molecule has 3 nitrogen and oxygen atoms in total. The van der Waals surface area contributed by atoms with Crippen LogP contribution in [0.3, 0.4) is 0 Å². The Balaban J connectivity index is 1.94. The molecule has 2 aromatic carbocycles. The van der Waals surface area contributed by atoms with Gasteiger partial charge in [0.1, 0.15) is 11.4 Å². The van der Waals surface area contributed by atoms with E-state index in [2.05, 4.69) is 45.1 Å². The van der Waals surface area contributed by atoms with E-state index in [1.807, 2.05) is 32.0 Å². The van der Waals surface area contributed by atoms with Crippen molar-refractivity contribution in [3.8, 4) is 5.75 Å². The van der Waals surface area contributed by atoms with Gasteiger partial charge < -0.3 is 10.1 Å². The zero-order valence-corrected chi connectivity index (χ0v) is 16.0. The summed E-state index contributed by atoms with van der Waals surface area (Å²) < 4.78 is 6.10. The molecule has 1 N–H and O–H groups in total. The van der Waals surface area contributed by atoms with Gasteiger partial charge >= 0.3 is 0 Å². The van der Waals surface area contributed by atoms with E-state index in [9.17, 15) is 4.79 Å². The number of fused-ring (bicyclic) bond motifs is 1. The van der Waals surface area contributed by atoms with Gasteiger partial charge in [-0.3, -0.25) is 4.79 Å². The highest BCUT2D eigenvalue weighted by molar-refractivity contribution is 5.96. The predicted molar refractivity (Wildman–Crippen MR) is 101 cm³/mol. The molecule has 0 aromatic heterocycles. The average molecular weight is 337 g/mol. The summed E-state index contributed by atoms with van der Waals surface area (Å²) in [5.74, 6) is 0.847. The van der Waals surface area contributed by atoms with Crippen molar-refractivity contribution in [2.24, 2.45) is 0 Å². The monoisotopic (exact) mass is 337 g/mol. The lowest BCUT2D eigenvalue weighted by atomic mass is 9.88. The van der Waals surface area contributed by atoms with Crippen LogP contribution in [0.1, 0.15) is 64.5 Å². The minimum Gasteiger partial charge on any atom is -0.487 e. The quantitative estimate of drug-likeness (QED) is 0.842. The van der Waals surface area contributed by atoms with E-state index in [0.29, 0.717) is 0 Å².